The van der Waals surface area contributed by atoms with E-state index in [0.29, 0.717) is 19.6 Å². The second kappa shape index (κ2) is 2.46. The van der Waals surface area contributed by atoms with Gasteiger partial charge in [-0.05, 0) is 0 Å². The molecule has 1 aliphatic rings. The third kappa shape index (κ3) is 1.20. The van der Waals surface area contributed by atoms with E-state index in [2.05, 4.69) is 0 Å². The predicted octanol–water partition coefficient (Wildman–Crippen LogP) is 0.583. The summed E-state index contributed by atoms with van der Waals surface area (Å²) in [5, 5.41) is -0.385. The minimum absolute atomic E-state index is 0.109. The van der Waals surface area contributed by atoms with Gasteiger partial charge in [-0.15, -0.1) is 11.6 Å². The minimum Gasteiger partial charge on any atom is -0.379 e. The fraction of sp³-hybridized carbons (Fsp3) is 0.800. The number of alkyl halides is 1. The lowest BCUT2D eigenvalue weighted by Gasteiger charge is -2.13. The van der Waals surface area contributed by atoms with Crippen LogP contribution in [0.15, 0.2) is 0 Å². The zero-order chi connectivity index (χ0) is 5.98. The van der Waals surface area contributed by atoms with Gasteiger partial charge in [0.1, 0.15) is 5.38 Å². The molecule has 1 rings (SSSR count). The highest BCUT2D eigenvalue weighted by molar-refractivity contribution is 6.31. The SMILES string of the molecule is O=C1CCOC[C@H]1Cl. The van der Waals surface area contributed by atoms with Crippen LogP contribution >= 0.6 is 11.6 Å². The first-order valence-corrected chi connectivity index (χ1v) is 2.99. The summed E-state index contributed by atoms with van der Waals surface area (Å²) in [6.45, 7) is 0.933. The zero-order valence-corrected chi connectivity index (χ0v) is 5.15. The van der Waals surface area contributed by atoms with Crippen molar-refractivity contribution in [3.63, 3.8) is 0 Å². The fourth-order valence-corrected chi connectivity index (χ4v) is 0.807. The molecule has 46 valence electrons. The van der Waals surface area contributed by atoms with Crippen molar-refractivity contribution in [1.82, 2.24) is 0 Å². The standard InChI is InChI=1S/C5H7ClO2/c6-4-3-8-2-1-5(4)7/h4H,1-3H2/t4-/m1/s1. The molecule has 1 aliphatic heterocycles. The average Bonchev–Trinajstić information content (AvgIpc) is 1.77. The Morgan fingerprint density at radius 3 is 2.88 bits per heavy atom. The van der Waals surface area contributed by atoms with Gasteiger partial charge >= 0.3 is 0 Å². The lowest BCUT2D eigenvalue weighted by atomic mass is 10.2. The number of Topliss-reactive ketones (excluding diaryl/α,β-unsaturated/α-hetero) is 1. The van der Waals surface area contributed by atoms with Crippen LogP contribution < -0.4 is 0 Å². The lowest BCUT2D eigenvalue weighted by molar-refractivity contribution is -0.123. The molecule has 0 aromatic heterocycles. The van der Waals surface area contributed by atoms with Gasteiger partial charge in [0.25, 0.3) is 0 Å². The van der Waals surface area contributed by atoms with Crippen molar-refractivity contribution >= 4 is 17.4 Å². The molecule has 1 saturated heterocycles. The first kappa shape index (κ1) is 6.05. The van der Waals surface area contributed by atoms with Crippen molar-refractivity contribution < 1.29 is 9.53 Å². The van der Waals surface area contributed by atoms with Crippen LogP contribution in [0.1, 0.15) is 6.42 Å². The van der Waals surface area contributed by atoms with E-state index in [-0.39, 0.29) is 11.2 Å². The van der Waals surface area contributed by atoms with Crippen molar-refractivity contribution in [3.05, 3.63) is 0 Å². The Labute approximate surface area is 52.8 Å². The quantitative estimate of drug-likeness (QED) is 0.453. The number of rotatable bonds is 0. The molecule has 0 bridgehead atoms. The third-order valence-corrected chi connectivity index (χ3v) is 1.48. The van der Waals surface area contributed by atoms with E-state index in [1.165, 1.54) is 0 Å². The van der Waals surface area contributed by atoms with Gasteiger partial charge in [0.05, 0.1) is 13.2 Å². The van der Waals surface area contributed by atoms with E-state index in [9.17, 15) is 4.79 Å². The van der Waals surface area contributed by atoms with Gasteiger partial charge in [-0.25, -0.2) is 0 Å². The second-order valence-corrected chi connectivity index (χ2v) is 2.29. The fourth-order valence-electron chi connectivity index (χ4n) is 0.609. The van der Waals surface area contributed by atoms with E-state index < -0.39 is 0 Å². The van der Waals surface area contributed by atoms with E-state index >= 15 is 0 Å². The molecule has 8 heavy (non-hydrogen) atoms. The molecule has 0 aliphatic carbocycles. The van der Waals surface area contributed by atoms with Gasteiger partial charge in [-0.3, -0.25) is 4.79 Å². The molecule has 0 unspecified atom stereocenters. The molecule has 1 atom stereocenters. The molecule has 0 aromatic rings. The largest absolute Gasteiger partial charge is 0.379 e. The molecule has 2 nitrogen and oxygen atoms in total. The van der Waals surface area contributed by atoms with Gasteiger partial charge < -0.3 is 4.74 Å². The number of carbonyl (C=O) groups excluding carboxylic acids is 1. The smallest absolute Gasteiger partial charge is 0.155 e. The van der Waals surface area contributed by atoms with Gasteiger partial charge in [-0.2, -0.15) is 0 Å². The number of hydrogen-bond donors (Lipinski definition) is 0. The molecular weight excluding hydrogens is 128 g/mol. The lowest BCUT2D eigenvalue weighted by Crippen LogP contribution is -2.27. The molecule has 0 aromatic carbocycles. The van der Waals surface area contributed by atoms with Crippen LogP contribution in [0.25, 0.3) is 0 Å². The van der Waals surface area contributed by atoms with Crippen molar-refractivity contribution in [2.45, 2.75) is 11.8 Å². The normalized spacial score (nSPS) is 30.6. The van der Waals surface area contributed by atoms with Crippen molar-refractivity contribution in [1.29, 1.82) is 0 Å². The van der Waals surface area contributed by atoms with E-state index in [0.717, 1.165) is 0 Å². The van der Waals surface area contributed by atoms with Gasteiger partial charge in [0, 0.05) is 6.42 Å². The number of carbonyl (C=O) groups is 1. The molecule has 1 heterocycles. The summed E-state index contributed by atoms with van der Waals surface area (Å²) in [4.78, 5) is 10.6. The second-order valence-electron chi connectivity index (χ2n) is 1.76. The summed E-state index contributed by atoms with van der Waals surface area (Å²) in [5.74, 6) is 0.109. The van der Waals surface area contributed by atoms with Gasteiger partial charge in [0.15, 0.2) is 5.78 Å². The molecule has 1 fully saturated rings. The van der Waals surface area contributed by atoms with Crippen LogP contribution in [-0.4, -0.2) is 24.4 Å². The van der Waals surface area contributed by atoms with Crippen LogP contribution in [0.2, 0.25) is 0 Å². The molecular formula is C5H7ClO2. The summed E-state index contributed by atoms with van der Waals surface area (Å²) in [6.07, 6.45) is 0.480. The zero-order valence-electron chi connectivity index (χ0n) is 4.39. The summed E-state index contributed by atoms with van der Waals surface area (Å²) >= 11 is 5.49. The number of ketones is 1. The van der Waals surface area contributed by atoms with Gasteiger partial charge in [0.2, 0.25) is 0 Å². The maximum Gasteiger partial charge on any atom is 0.155 e. The van der Waals surface area contributed by atoms with E-state index in [4.69, 9.17) is 16.3 Å². The van der Waals surface area contributed by atoms with Gasteiger partial charge in [-0.1, -0.05) is 0 Å². The molecule has 0 spiro atoms. The number of hydrogen-bond acceptors (Lipinski definition) is 2. The highest BCUT2D eigenvalue weighted by Gasteiger charge is 2.19. The van der Waals surface area contributed by atoms with Crippen LogP contribution in [0, 0.1) is 0 Å². The first-order chi connectivity index (χ1) is 3.80. The predicted molar refractivity (Wildman–Crippen MR) is 30.1 cm³/mol. The molecule has 0 amide bonds. The Hall–Kier alpha value is -0.0800. The third-order valence-electron chi connectivity index (χ3n) is 1.11. The Morgan fingerprint density at radius 1 is 1.75 bits per heavy atom. The maximum absolute atomic E-state index is 10.6. The van der Waals surface area contributed by atoms with Crippen molar-refractivity contribution in [2.75, 3.05) is 13.2 Å². The number of ether oxygens (including phenoxy) is 1. The summed E-state index contributed by atoms with van der Waals surface area (Å²) in [5.41, 5.74) is 0. The monoisotopic (exact) mass is 134 g/mol. The summed E-state index contributed by atoms with van der Waals surface area (Å²) in [7, 11) is 0. The van der Waals surface area contributed by atoms with Crippen molar-refractivity contribution in [3.8, 4) is 0 Å². The van der Waals surface area contributed by atoms with Crippen LogP contribution in [0.3, 0.4) is 0 Å². The Balaban J connectivity index is 2.39. The number of halogens is 1. The molecule has 0 saturated carbocycles. The maximum atomic E-state index is 10.6. The van der Waals surface area contributed by atoms with E-state index in [1.807, 2.05) is 0 Å². The topological polar surface area (TPSA) is 26.3 Å². The molecule has 0 radical (unpaired) electrons. The minimum atomic E-state index is -0.385. The van der Waals surface area contributed by atoms with Crippen LogP contribution in [0.4, 0.5) is 0 Å². The van der Waals surface area contributed by atoms with Crippen molar-refractivity contribution in [2.24, 2.45) is 0 Å². The molecule has 3 heteroatoms. The summed E-state index contributed by atoms with van der Waals surface area (Å²) in [6, 6.07) is 0. The Bertz CT molecular complexity index is 103. The Kier molecular flexibility index (Phi) is 1.86. The highest BCUT2D eigenvalue weighted by atomic mass is 35.5. The average molecular weight is 135 g/mol. The Morgan fingerprint density at radius 2 is 2.50 bits per heavy atom. The van der Waals surface area contributed by atoms with Crippen LogP contribution in [0.5, 0.6) is 0 Å². The van der Waals surface area contributed by atoms with E-state index in [1.54, 1.807) is 0 Å². The summed E-state index contributed by atoms with van der Waals surface area (Å²) < 4.78 is 4.90. The first-order valence-electron chi connectivity index (χ1n) is 2.55. The molecule has 0 N–H and O–H groups in total. The highest BCUT2D eigenvalue weighted by Crippen LogP contribution is 2.07. The van der Waals surface area contributed by atoms with Crippen LogP contribution in [-0.2, 0) is 9.53 Å².